The van der Waals surface area contributed by atoms with Crippen LogP contribution in [0.25, 0.3) is 5.69 Å². The number of rotatable bonds is 5. The Hall–Kier alpha value is -2.21. The van der Waals surface area contributed by atoms with Crippen molar-refractivity contribution < 1.29 is 9.18 Å². The van der Waals surface area contributed by atoms with Crippen molar-refractivity contribution >= 4 is 5.91 Å². The molecule has 0 spiro atoms. The smallest absolute Gasteiger partial charge is 0.269 e. The van der Waals surface area contributed by atoms with Gasteiger partial charge in [-0.1, -0.05) is 6.92 Å². The van der Waals surface area contributed by atoms with Crippen molar-refractivity contribution in [3.8, 4) is 5.69 Å². The highest BCUT2D eigenvalue weighted by Crippen LogP contribution is 2.18. The van der Waals surface area contributed by atoms with E-state index in [9.17, 15) is 9.18 Å². The molecule has 3 rings (SSSR count). The van der Waals surface area contributed by atoms with Crippen LogP contribution in [0, 0.1) is 11.7 Å². The summed E-state index contributed by atoms with van der Waals surface area (Å²) in [6.45, 7) is 7.22. The molecule has 1 N–H and O–H groups in total. The number of halogens is 1. The summed E-state index contributed by atoms with van der Waals surface area (Å²) in [7, 11) is 0. The van der Waals surface area contributed by atoms with E-state index in [4.69, 9.17) is 0 Å². The van der Waals surface area contributed by atoms with Gasteiger partial charge in [0.2, 0.25) is 0 Å². The molecule has 6 heteroatoms. The number of likely N-dealkylation sites (tertiary alicyclic amines) is 1. The quantitative estimate of drug-likeness (QED) is 0.907. The number of nitrogens with one attached hydrogen (secondary N) is 1. The summed E-state index contributed by atoms with van der Waals surface area (Å²) in [5.41, 5.74) is 1.16. The van der Waals surface area contributed by atoms with E-state index in [0.29, 0.717) is 24.0 Å². The molecule has 1 atom stereocenters. The van der Waals surface area contributed by atoms with Gasteiger partial charge in [0.25, 0.3) is 5.91 Å². The maximum Gasteiger partial charge on any atom is 0.269 e. The van der Waals surface area contributed by atoms with Crippen LogP contribution in [0.15, 0.2) is 36.8 Å². The molecule has 25 heavy (non-hydrogen) atoms. The molecule has 1 saturated heterocycles. The number of aromatic nitrogens is 2. The van der Waals surface area contributed by atoms with Crippen molar-refractivity contribution in [2.24, 2.45) is 5.92 Å². The third-order valence-electron chi connectivity index (χ3n) is 4.98. The van der Waals surface area contributed by atoms with Gasteiger partial charge < -0.3 is 5.32 Å². The molecule has 0 bridgehead atoms. The van der Waals surface area contributed by atoms with Gasteiger partial charge in [0.05, 0.1) is 12.5 Å². The lowest BCUT2D eigenvalue weighted by Crippen LogP contribution is -2.45. The predicted molar refractivity (Wildman–Crippen MR) is 95.3 cm³/mol. The lowest BCUT2D eigenvalue weighted by Gasteiger charge is -2.35. The lowest BCUT2D eigenvalue weighted by molar-refractivity contribution is 0.0915. The molecule has 0 saturated carbocycles. The van der Waals surface area contributed by atoms with Gasteiger partial charge in [0, 0.05) is 18.3 Å². The largest absolute Gasteiger partial charge is 0.349 e. The fourth-order valence-corrected chi connectivity index (χ4v) is 3.20. The van der Waals surface area contributed by atoms with Crippen LogP contribution >= 0.6 is 0 Å². The number of piperidine rings is 1. The standard InChI is InChI=1S/C19H25FN4O/c1-14-7-9-23(10-8-14)15(2)11-22-19(25)18-12-21-13-24(18)17-5-3-16(20)4-6-17/h3-6,12-15H,7-11H2,1-2H3,(H,22,25). The molecule has 2 aromatic rings. The monoisotopic (exact) mass is 344 g/mol. The molecular formula is C19H25FN4O. The summed E-state index contributed by atoms with van der Waals surface area (Å²) in [4.78, 5) is 19.0. The molecule has 134 valence electrons. The van der Waals surface area contributed by atoms with Crippen molar-refractivity contribution in [2.75, 3.05) is 19.6 Å². The van der Waals surface area contributed by atoms with E-state index in [1.165, 1.54) is 31.2 Å². The summed E-state index contributed by atoms with van der Waals surface area (Å²) in [5.74, 6) is 0.321. The molecule has 1 fully saturated rings. The van der Waals surface area contributed by atoms with Gasteiger partial charge >= 0.3 is 0 Å². The molecule has 0 aliphatic carbocycles. The average molecular weight is 344 g/mol. The normalized spacial score (nSPS) is 17.4. The summed E-state index contributed by atoms with van der Waals surface area (Å²) in [5, 5.41) is 3.00. The first-order chi connectivity index (χ1) is 12.0. The minimum Gasteiger partial charge on any atom is -0.349 e. The first-order valence-electron chi connectivity index (χ1n) is 8.85. The molecule has 5 nitrogen and oxygen atoms in total. The van der Waals surface area contributed by atoms with E-state index < -0.39 is 0 Å². The van der Waals surface area contributed by atoms with Gasteiger partial charge in [-0.15, -0.1) is 0 Å². The molecule has 1 aromatic heterocycles. The van der Waals surface area contributed by atoms with E-state index in [2.05, 4.69) is 29.0 Å². The number of benzene rings is 1. The maximum atomic E-state index is 13.1. The minimum absolute atomic E-state index is 0.168. The molecule has 2 heterocycles. The second-order valence-corrected chi connectivity index (χ2v) is 6.90. The zero-order chi connectivity index (χ0) is 17.8. The molecule has 1 aromatic carbocycles. The Morgan fingerprint density at radius 1 is 1.32 bits per heavy atom. The van der Waals surface area contributed by atoms with Crippen LogP contribution < -0.4 is 5.32 Å². The highest BCUT2D eigenvalue weighted by Gasteiger charge is 2.21. The van der Waals surface area contributed by atoms with Crippen LogP contribution in [-0.2, 0) is 0 Å². The van der Waals surface area contributed by atoms with E-state index in [1.807, 2.05) is 0 Å². The lowest BCUT2D eigenvalue weighted by atomic mass is 9.98. The summed E-state index contributed by atoms with van der Waals surface area (Å²) in [6.07, 6.45) is 5.54. The Labute approximate surface area is 147 Å². The minimum atomic E-state index is -0.306. The molecule has 0 radical (unpaired) electrons. The second kappa shape index (κ2) is 7.78. The van der Waals surface area contributed by atoms with E-state index in [-0.39, 0.29) is 11.7 Å². The Balaban J connectivity index is 1.60. The topological polar surface area (TPSA) is 50.2 Å². The Morgan fingerprint density at radius 2 is 2.00 bits per heavy atom. The highest BCUT2D eigenvalue weighted by molar-refractivity contribution is 5.93. The molecule has 1 amide bonds. The van der Waals surface area contributed by atoms with Crippen molar-refractivity contribution in [3.05, 3.63) is 48.3 Å². The number of hydrogen-bond donors (Lipinski definition) is 1. The van der Waals surface area contributed by atoms with Crippen molar-refractivity contribution in [3.63, 3.8) is 0 Å². The Bertz CT molecular complexity index is 704. The predicted octanol–water partition coefficient (Wildman–Crippen LogP) is 2.86. The zero-order valence-corrected chi connectivity index (χ0v) is 14.8. The fourth-order valence-electron chi connectivity index (χ4n) is 3.20. The van der Waals surface area contributed by atoms with E-state index in [0.717, 1.165) is 19.0 Å². The van der Waals surface area contributed by atoms with Crippen LogP contribution in [0.4, 0.5) is 4.39 Å². The fraction of sp³-hybridized carbons (Fsp3) is 0.474. The first-order valence-corrected chi connectivity index (χ1v) is 8.85. The zero-order valence-electron chi connectivity index (χ0n) is 14.8. The number of amides is 1. The summed E-state index contributed by atoms with van der Waals surface area (Å²) < 4.78 is 14.8. The molecule has 1 aliphatic rings. The highest BCUT2D eigenvalue weighted by atomic mass is 19.1. The van der Waals surface area contributed by atoms with Gasteiger partial charge in [-0.3, -0.25) is 14.3 Å². The third kappa shape index (κ3) is 4.25. The Morgan fingerprint density at radius 3 is 2.68 bits per heavy atom. The number of carbonyl (C=O) groups excluding carboxylic acids is 1. The number of nitrogens with zero attached hydrogens (tertiary/aromatic N) is 3. The van der Waals surface area contributed by atoms with E-state index in [1.54, 1.807) is 23.0 Å². The van der Waals surface area contributed by atoms with E-state index >= 15 is 0 Å². The second-order valence-electron chi connectivity index (χ2n) is 6.90. The van der Waals surface area contributed by atoms with Crippen LogP contribution in [-0.4, -0.2) is 46.0 Å². The molecule has 1 unspecified atom stereocenters. The summed E-state index contributed by atoms with van der Waals surface area (Å²) in [6, 6.07) is 6.31. The van der Waals surface area contributed by atoms with Crippen LogP contribution in [0.5, 0.6) is 0 Å². The van der Waals surface area contributed by atoms with Crippen molar-refractivity contribution in [1.29, 1.82) is 0 Å². The van der Waals surface area contributed by atoms with Gasteiger partial charge in [0.1, 0.15) is 11.5 Å². The molecular weight excluding hydrogens is 319 g/mol. The van der Waals surface area contributed by atoms with Gasteiger partial charge in [-0.05, 0) is 63.0 Å². The van der Waals surface area contributed by atoms with Crippen LogP contribution in [0.1, 0.15) is 37.2 Å². The van der Waals surface area contributed by atoms with Crippen molar-refractivity contribution in [2.45, 2.75) is 32.7 Å². The van der Waals surface area contributed by atoms with Crippen LogP contribution in [0.3, 0.4) is 0 Å². The Kier molecular flexibility index (Phi) is 5.48. The average Bonchev–Trinajstić information content (AvgIpc) is 3.10. The molecule has 1 aliphatic heterocycles. The van der Waals surface area contributed by atoms with Gasteiger partial charge in [0.15, 0.2) is 0 Å². The summed E-state index contributed by atoms with van der Waals surface area (Å²) >= 11 is 0. The van der Waals surface area contributed by atoms with Gasteiger partial charge in [-0.2, -0.15) is 0 Å². The number of hydrogen-bond acceptors (Lipinski definition) is 3. The number of carbonyl (C=O) groups is 1. The van der Waals surface area contributed by atoms with Crippen molar-refractivity contribution in [1.82, 2.24) is 19.8 Å². The number of imidazole rings is 1. The maximum absolute atomic E-state index is 13.1. The first kappa shape index (κ1) is 17.6. The van der Waals surface area contributed by atoms with Crippen LogP contribution in [0.2, 0.25) is 0 Å². The van der Waals surface area contributed by atoms with Gasteiger partial charge in [-0.25, -0.2) is 9.37 Å². The third-order valence-corrected chi connectivity index (χ3v) is 4.98. The SMILES string of the molecule is CC1CCN(C(C)CNC(=O)c2cncn2-c2ccc(F)cc2)CC1.